The van der Waals surface area contributed by atoms with Crippen LogP contribution in [0.1, 0.15) is 22.3 Å². The van der Waals surface area contributed by atoms with Gasteiger partial charge in [0.1, 0.15) is 0 Å². The third-order valence-electron chi connectivity index (χ3n) is 5.29. The lowest BCUT2D eigenvalue weighted by atomic mass is 10.0. The number of rotatable bonds is 8. The van der Waals surface area contributed by atoms with Crippen molar-refractivity contribution >= 4 is 22.7 Å². The largest absolute Gasteiger partial charge is 0.355 e. The van der Waals surface area contributed by atoms with Gasteiger partial charge in [-0.15, -0.1) is 0 Å². The highest BCUT2D eigenvalue weighted by Crippen LogP contribution is 2.23. The van der Waals surface area contributed by atoms with E-state index in [4.69, 9.17) is 0 Å². The van der Waals surface area contributed by atoms with Crippen molar-refractivity contribution < 1.29 is 9.59 Å². The van der Waals surface area contributed by atoms with Gasteiger partial charge in [-0.05, 0) is 48.2 Å². The van der Waals surface area contributed by atoms with E-state index < -0.39 is 0 Å². The Morgan fingerprint density at radius 2 is 1.53 bits per heavy atom. The topological polar surface area (TPSA) is 71.1 Å². The van der Waals surface area contributed by atoms with E-state index in [2.05, 4.69) is 33.8 Å². The molecule has 2 amide bonds. The van der Waals surface area contributed by atoms with Crippen molar-refractivity contribution in [2.75, 3.05) is 13.1 Å². The molecule has 0 saturated carbocycles. The summed E-state index contributed by atoms with van der Waals surface area (Å²) in [6.07, 6.45) is 3.60. The standard InChI is InChI=1S/C27H25N3O2/c31-26(28-16-6-9-20-7-2-1-3-8-20)19-30-27(32)22-14-12-21(13-15-22)24-17-23-10-4-5-11-25(23)29-18-24/h1-5,7-8,10-15,17-18H,6,9,16,19H2,(H,28,31)(H,30,32). The number of amides is 2. The molecule has 0 fully saturated rings. The lowest BCUT2D eigenvalue weighted by Gasteiger charge is -2.08. The highest BCUT2D eigenvalue weighted by atomic mass is 16.2. The van der Waals surface area contributed by atoms with Gasteiger partial charge in [0, 0.05) is 29.3 Å². The molecule has 0 radical (unpaired) electrons. The number of hydrogen-bond acceptors (Lipinski definition) is 3. The third-order valence-corrected chi connectivity index (χ3v) is 5.29. The predicted octanol–water partition coefficient (Wildman–Crippen LogP) is 4.38. The number of carbonyl (C=O) groups is 2. The second-order valence-corrected chi connectivity index (χ2v) is 7.62. The van der Waals surface area contributed by atoms with E-state index in [0.717, 1.165) is 34.9 Å². The third kappa shape index (κ3) is 5.58. The molecule has 5 nitrogen and oxygen atoms in total. The molecule has 0 aliphatic heterocycles. The molecule has 5 heteroatoms. The van der Waals surface area contributed by atoms with Gasteiger partial charge in [0.15, 0.2) is 0 Å². The second-order valence-electron chi connectivity index (χ2n) is 7.62. The van der Waals surface area contributed by atoms with E-state index in [-0.39, 0.29) is 18.4 Å². The molecule has 0 spiro atoms. The van der Waals surface area contributed by atoms with Gasteiger partial charge in [0.2, 0.25) is 5.91 Å². The van der Waals surface area contributed by atoms with Crippen LogP contribution < -0.4 is 10.6 Å². The number of para-hydroxylation sites is 1. The van der Waals surface area contributed by atoms with E-state index in [9.17, 15) is 9.59 Å². The molecule has 1 heterocycles. The number of aryl methyl sites for hydroxylation is 1. The van der Waals surface area contributed by atoms with Crippen LogP contribution in [0.3, 0.4) is 0 Å². The summed E-state index contributed by atoms with van der Waals surface area (Å²) >= 11 is 0. The fourth-order valence-electron chi connectivity index (χ4n) is 3.53. The minimum absolute atomic E-state index is 0.0412. The first-order valence-electron chi connectivity index (χ1n) is 10.7. The number of aromatic nitrogens is 1. The first-order valence-corrected chi connectivity index (χ1v) is 10.7. The molecule has 0 aliphatic carbocycles. The minimum atomic E-state index is -0.271. The number of hydrogen-bond donors (Lipinski definition) is 2. The van der Waals surface area contributed by atoms with Crippen molar-refractivity contribution in [1.29, 1.82) is 0 Å². The summed E-state index contributed by atoms with van der Waals surface area (Å²) in [6, 6.07) is 27.5. The summed E-state index contributed by atoms with van der Waals surface area (Å²) in [5.74, 6) is -0.460. The van der Waals surface area contributed by atoms with Crippen molar-refractivity contribution in [1.82, 2.24) is 15.6 Å². The van der Waals surface area contributed by atoms with Crippen LogP contribution >= 0.6 is 0 Å². The number of carbonyl (C=O) groups excluding carboxylic acids is 2. The molecule has 4 rings (SSSR count). The molecular weight excluding hydrogens is 398 g/mol. The van der Waals surface area contributed by atoms with Gasteiger partial charge >= 0.3 is 0 Å². The smallest absolute Gasteiger partial charge is 0.251 e. The lowest BCUT2D eigenvalue weighted by molar-refractivity contribution is -0.120. The first-order chi connectivity index (χ1) is 15.7. The lowest BCUT2D eigenvalue weighted by Crippen LogP contribution is -2.37. The SMILES string of the molecule is O=C(CNC(=O)c1ccc(-c2cnc3ccccc3c2)cc1)NCCCc1ccccc1. The second kappa shape index (κ2) is 10.4. The van der Waals surface area contributed by atoms with Crippen molar-refractivity contribution in [2.24, 2.45) is 0 Å². The van der Waals surface area contributed by atoms with Crippen LogP contribution in [0.15, 0.2) is 91.1 Å². The zero-order valence-corrected chi connectivity index (χ0v) is 17.8. The zero-order valence-electron chi connectivity index (χ0n) is 17.8. The molecule has 4 aromatic rings. The number of benzene rings is 3. The Kier molecular flexibility index (Phi) is 6.88. The molecular formula is C27H25N3O2. The van der Waals surface area contributed by atoms with Crippen LogP contribution in [0.2, 0.25) is 0 Å². The molecule has 0 bridgehead atoms. The minimum Gasteiger partial charge on any atom is -0.355 e. The normalized spacial score (nSPS) is 10.6. The van der Waals surface area contributed by atoms with Gasteiger partial charge in [-0.25, -0.2) is 0 Å². The molecule has 0 saturated heterocycles. The maximum absolute atomic E-state index is 12.4. The van der Waals surface area contributed by atoms with Crippen LogP contribution in [0.5, 0.6) is 0 Å². The summed E-state index contributed by atoms with van der Waals surface area (Å²) < 4.78 is 0. The maximum atomic E-state index is 12.4. The molecule has 0 atom stereocenters. The van der Waals surface area contributed by atoms with Crippen molar-refractivity contribution in [3.05, 3.63) is 102 Å². The van der Waals surface area contributed by atoms with Gasteiger partial charge < -0.3 is 10.6 Å². The van der Waals surface area contributed by atoms with Gasteiger partial charge in [-0.1, -0.05) is 60.7 Å². The fraction of sp³-hybridized carbons (Fsp3) is 0.148. The van der Waals surface area contributed by atoms with Crippen molar-refractivity contribution in [3.63, 3.8) is 0 Å². The van der Waals surface area contributed by atoms with E-state index in [0.29, 0.717) is 12.1 Å². The zero-order chi connectivity index (χ0) is 22.2. The Balaban J connectivity index is 1.24. The monoisotopic (exact) mass is 423 g/mol. The first kappa shape index (κ1) is 21.2. The molecule has 1 aromatic heterocycles. The summed E-state index contributed by atoms with van der Waals surface area (Å²) in [7, 11) is 0. The van der Waals surface area contributed by atoms with Gasteiger partial charge in [-0.2, -0.15) is 0 Å². The number of pyridine rings is 1. The van der Waals surface area contributed by atoms with E-state index in [1.54, 1.807) is 12.1 Å². The summed E-state index contributed by atoms with van der Waals surface area (Å²) in [5, 5.41) is 6.59. The Morgan fingerprint density at radius 1 is 0.781 bits per heavy atom. The molecule has 2 N–H and O–H groups in total. The van der Waals surface area contributed by atoms with Gasteiger partial charge in [-0.3, -0.25) is 14.6 Å². The molecule has 3 aromatic carbocycles. The van der Waals surface area contributed by atoms with E-state index in [1.807, 2.05) is 60.8 Å². The van der Waals surface area contributed by atoms with Crippen LogP contribution in [-0.2, 0) is 11.2 Å². The quantitative estimate of drug-likeness (QED) is 0.413. The Hall–Kier alpha value is -3.99. The van der Waals surface area contributed by atoms with Crippen molar-refractivity contribution in [2.45, 2.75) is 12.8 Å². The summed E-state index contributed by atoms with van der Waals surface area (Å²) in [6.45, 7) is 0.540. The molecule has 0 aliphatic rings. The number of nitrogens with one attached hydrogen (secondary N) is 2. The maximum Gasteiger partial charge on any atom is 0.251 e. The molecule has 0 unspecified atom stereocenters. The van der Waals surface area contributed by atoms with Crippen LogP contribution in [0.4, 0.5) is 0 Å². The Morgan fingerprint density at radius 3 is 2.34 bits per heavy atom. The van der Waals surface area contributed by atoms with Crippen molar-refractivity contribution in [3.8, 4) is 11.1 Å². The highest BCUT2D eigenvalue weighted by molar-refractivity contribution is 5.97. The Labute approximate surface area is 187 Å². The average Bonchev–Trinajstić information content (AvgIpc) is 2.85. The fourth-order valence-corrected chi connectivity index (χ4v) is 3.53. The number of fused-ring (bicyclic) bond motifs is 1. The summed E-state index contributed by atoms with van der Waals surface area (Å²) in [4.78, 5) is 28.9. The predicted molar refractivity (Wildman–Crippen MR) is 127 cm³/mol. The molecule has 160 valence electrons. The van der Waals surface area contributed by atoms with Gasteiger partial charge in [0.25, 0.3) is 5.91 Å². The summed E-state index contributed by atoms with van der Waals surface area (Å²) in [5.41, 5.74) is 4.68. The van der Waals surface area contributed by atoms with Crippen LogP contribution in [0.25, 0.3) is 22.0 Å². The average molecular weight is 424 g/mol. The highest BCUT2D eigenvalue weighted by Gasteiger charge is 2.09. The van der Waals surface area contributed by atoms with Crippen LogP contribution in [-0.4, -0.2) is 29.9 Å². The molecule has 32 heavy (non-hydrogen) atoms. The van der Waals surface area contributed by atoms with Gasteiger partial charge in [0.05, 0.1) is 12.1 Å². The van der Waals surface area contributed by atoms with Crippen LogP contribution in [0, 0.1) is 0 Å². The van der Waals surface area contributed by atoms with E-state index in [1.165, 1.54) is 5.56 Å². The van der Waals surface area contributed by atoms with E-state index >= 15 is 0 Å². The number of nitrogens with zero attached hydrogens (tertiary/aromatic N) is 1. The Bertz CT molecular complexity index is 1200.